The van der Waals surface area contributed by atoms with Gasteiger partial charge in [0.1, 0.15) is 29.3 Å². The summed E-state index contributed by atoms with van der Waals surface area (Å²) in [4.78, 5) is 13.3. The van der Waals surface area contributed by atoms with Crippen molar-refractivity contribution in [3.05, 3.63) is 72.2 Å². The molecule has 0 spiro atoms. The third-order valence-electron chi connectivity index (χ3n) is 5.72. The van der Waals surface area contributed by atoms with E-state index in [2.05, 4.69) is 15.0 Å². The number of aliphatic imine (C=N–C) groups is 1. The maximum Gasteiger partial charge on any atom is 0.164 e. The van der Waals surface area contributed by atoms with Crippen LogP contribution in [0.3, 0.4) is 0 Å². The minimum atomic E-state index is 0.330. The van der Waals surface area contributed by atoms with E-state index in [-0.39, 0.29) is 0 Å². The van der Waals surface area contributed by atoms with Crippen molar-refractivity contribution in [2.45, 2.75) is 31.7 Å². The van der Waals surface area contributed by atoms with Gasteiger partial charge in [-0.05, 0) is 37.1 Å². The van der Waals surface area contributed by atoms with Gasteiger partial charge in [0, 0.05) is 12.6 Å². The van der Waals surface area contributed by atoms with E-state index in [1.807, 2.05) is 59.3 Å². The normalized spacial score (nSPS) is 14.9. The molecule has 0 unspecified atom stereocenters. The summed E-state index contributed by atoms with van der Waals surface area (Å²) < 4.78 is 8.04. The maximum absolute atomic E-state index is 6.29. The third kappa shape index (κ3) is 3.63. The van der Waals surface area contributed by atoms with Crippen molar-refractivity contribution < 1.29 is 4.74 Å². The Bertz CT molecular complexity index is 1240. The number of nitrogen functional groups attached to an aromatic ring is 1. The summed E-state index contributed by atoms with van der Waals surface area (Å²) in [6, 6.07) is 17.9. The number of nitrogens with zero attached hydrogens (tertiary/aromatic N) is 5. The molecule has 156 valence electrons. The van der Waals surface area contributed by atoms with E-state index >= 15 is 0 Å². The number of ether oxygens (including phenoxy) is 1. The predicted octanol–water partition coefficient (Wildman–Crippen LogP) is 4.78. The van der Waals surface area contributed by atoms with Gasteiger partial charge in [0.05, 0.1) is 17.1 Å². The molecule has 5 rings (SSSR count). The number of hydrogen-bond acceptors (Lipinski definition) is 6. The van der Waals surface area contributed by atoms with Crippen LogP contribution in [0.15, 0.2) is 65.9 Å². The average Bonchev–Trinajstić information content (AvgIpc) is 3.44. The van der Waals surface area contributed by atoms with Gasteiger partial charge in [-0.15, -0.1) is 0 Å². The molecule has 31 heavy (non-hydrogen) atoms. The van der Waals surface area contributed by atoms with Gasteiger partial charge in [0.2, 0.25) is 0 Å². The summed E-state index contributed by atoms with van der Waals surface area (Å²) in [6.07, 6.45) is 6.11. The van der Waals surface area contributed by atoms with Gasteiger partial charge >= 0.3 is 0 Å². The molecule has 1 aliphatic rings. The Balaban J connectivity index is 1.59. The van der Waals surface area contributed by atoms with Crippen LogP contribution in [-0.2, 0) is 0 Å². The van der Waals surface area contributed by atoms with E-state index in [1.54, 1.807) is 7.05 Å². The van der Waals surface area contributed by atoms with Crippen LogP contribution in [0, 0.1) is 0 Å². The van der Waals surface area contributed by atoms with Crippen LogP contribution >= 0.6 is 0 Å². The van der Waals surface area contributed by atoms with Crippen LogP contribution < -0.4 is 10.5 Å². The summed E-state index contributed by atoms with van der Waals surface area (Å²) in [5.41, 5.74) is 9.40. The Hall–Kier alpha value is -3.74. The molecule has 2 heterocycles. The lowest BCUT2D eigenvalue weighted by Gasteiger charge is -2.10. The van der Waals surface area contributed by atoms with Crippen molar-refractivity contribution >= 4 is 22.6 Å². The lowest BCUT2D eigenvalue weighted by molar-refractivity contribution is 0.477. The van der Waals surface area contributed by atoms with Crippen molar-refractivity contribution in [2.24, 2.45) is 4.99 Å². The zero-order valence-corrected chi connectivity index (χ0v) is 17.4. The molecule has 0 aliphatic heterocycles. The summed E-state index contributed by atoms with van der Waals surface area (Å²) in [5, 5.41) is 5.71. The Morgan fingerprint density at radius 3 is 2.58 bits per heavy atom. The molecule has 1 fully saturated rings. The lowest BCUT2D eigenvalue weighted by Crippen LogP contribution is -2.10. The molecule has 0 atom stereocenters. The number of para-hydroxylation sites is 1. The SMILES string of the molecule is CN=C(c1cccc(Oc2ccccc2)c1)c1nn(C2CCCC2)c2ncnc(N)c12. The molecular formula is C24H24N6O. The van der Waals surface area contributed by atoms with Gasteiger partial charge in [-0.3, -0.25) is 4.99 Å². The minimum Gasteiger partial charge on any atom is -0.457 e. The molecule has 1 aliphatic carbocycles. The molecule has 2 aromatic carbocycles. The smallest absolute Gasteiger partial charge is 0.164 e. The summed E-state index contributed by atoms with van der Waals surface area (Å²) in [7, 11) is 1.76. The molecule has 2 N–H and O–H groups in total. The summed E-state index contributed by atoms with van der Waals surface area (Å²) in [5.74, 6) is 1.93. The monoisotopic (exact) mass is 412 g/mol. The van der Waals surface area contributed by atoms with Crippen molar-refractivity contribution in [1.29, 1.82) is 0 Å². The fourth-order valence-corrected chi connectivity index (χ4v) is 4.27. The molecule has 0 bridgehead atoms. The summed E-state index contributed by atoms with van der Waals surface area (Å²) >= 11 is 0. The molecule has 4 aromatic rings. The van der Waals surface area contributed by atoms with E-state index in [1.165, 1.54) is 19.2 Å². The van der Waals surface area contributed by atoms with Gasteiger partial charge in [-0.2, -0.15) is 5.10 Å². The van der Waals surface area contributed by atoms with Crippen LogP contribution in [0.4, 0.5) is 5.82 Å². The van der Waals surface area contributed by atoms with Crippen molar-refractivity contribution in [1.82, 2.24) is 19.7 Å². The van der Waals surface area contributed by atoms with E-state index in [0.29, 0.717) is 17.6 Å². The third-order valence-corrected chi connectivity index (χ3v) is 5.72. The molecule has 7 heteroatoms. The van der Waals surface area contributed by atoms with Gasteiger partial charge in [0.25, 0.3) is 0 Å². The first-order valence-corrected chi connectivity index (χ1v) is 10.5. The highest BCUT2D eigenvalue weighted by Gasteiger charge is 2.26. The fourth-order valence-electron chi connectivity index (χ4n) is 4.27. The highest BCUT2D eigenvalue weighted by molar-refractivity contribution is 6.19. The molecule has 0 amide bonds. The largest absolute Gasteiger partial charge is 0.457 e. The summed E-state index contributed by atoms with van der Waals surface area (Å²) in [6.45, 7) is 0. The Morgan fingerprint density at radius 1 is 1.03 bits per heavy atom. The Morgan fingerprint density at radius 2 is 1.81 bits per heavy atom. The quantitative estimate of drug-likeness (QED) is 0.476. The van der Waals surface area contributed by atoms with E-state index in [4.69, 9.17) is 15.6 Å². The highest BCUT2D eigenvalue weighted by Crippen LogP contribution is 2.34. The fraction of sp³-hybridized carbons (Fsp3) is 0.250. The Kier molecular flexibility index (Phi) is 5.08. The molecule has 1 saturated carbocycles. The first-order chi connectivity index (χ1) is 15.2. The predicted molar refractivity (Wildman–Crippen MR) is 122 cm³/mol. The van der Waals surface area contributed by atoms with Gasteiger partial charge < -0.3 is 10.5 Å². The first kappa shape index (κ1) is 19.2. The average molecular weight is 412 g/mol. The second-order valence-corrected chi connectivity index (χ2v) is 7.70. The molecule has 2 aromatic heterocycles. The standard InChI is InChI=1S/C24H24N6O/c1-26-21(16-8-7-13-19(14-16)31-18-11-3-2-4-12-18)22-20-23(25)27-15-28-24(20)30(29-22)17-9-5-6-10-17/h2-4,7-8,11-15,17H,5-6,9-10H2,1H3,(H2,25,27,28). The zero-order valence-electron chi connectivity index (χ0n) is 17.4. The topological polar surface area (TPSA) is 91.2 Å². The second kappa shape index (κ2) is 8.18. The van der Waals surface area contributed by atoms with Crippen molar-refractivity contribution in [3.63, 3.8) is 0 Å². The molecule has 7 nitrogen and oxygen atoms in total. The number of fused-ring (bicyclic) bond motifs is 1. The molecular weight excluding hydrogens is 388 g/mol. The van der Waals surface area contributed by atoms with Crippen LogP contribution in [0.1, 0.15) is 43.0 Å². The number of hydrogen-bond donors (Lipinski definition) is 1. The molecule has 0 saturated heterocycles. The van der Waals surface area contributed by atoms with Crippen molar-refractivity contribution in [2.75, 3.05) is 12.8 Å². The number of anilines is 1. The van der Waals surface area contributed by atoms with Crippen molar-refractivity contribution in [3.8, 4) is 11.5 Å². The van der Waals surface area contributed by atoms with Crippen LogP contribution in [0.25, 0.3) is 11.0 Å². The van der Waals surface area contributed by atoms with E-state index < -0.39 is 0 Å². The maximum atomic E-state index is 6.29. The number of benzene rings is 2. The number of rotatable bonds is 5. The first-order valence-electron chi connectivity index (χ1n) is 10.5. The Labute approximate surface area is 180 Å². The van der Waals surface area contributed by atoms with Crippen LogP contribution in [0.5, 0.6) is 11.5 Å². The number of aromatic nitrogens is 4. The minimum absolute atomic E-state index is 0.330. The van der Waals surface area contributed by atoms with Crippen LogP contribution in [-0.4, -0.2) is 32.5 Å². The van der Waals surface area contributed by atoms with E-state index in [0.717, 1.165) is 46.6 Å². The lowest BCUT2D eigenvalue weighted by atomic mass is 10.0. The highest BCUT2D eigenvalue weighted by atomic mass is 16.5. The van der Waals surface area contributed by atoms with Gasteiger partial charge in [-0.1, -0.05) is 43.2 Å². The number of nitrogens with two attached hydrogens (primary N) is 1. The molecule has 0 radical (unpaired) electrons. The second-order valence-electron chi connectivity index (χ2n) is 7.70. The zero-order chi connectivity index (χ0) is 21.2. The van der Waals surface area contributed by atoms with Gasteiger partial charge in [0.15, 0.2) is 5.65 Å². The van der Waals surface area contributed by atoms with Crippen LogP contribution in [0.2, 0.25) is 0 Å². The van der Waals surface area contributed by atoms with E-state index in [9.17, 15) is 0 Å². The van der Waals surface area contributed by atoms with Gasteiger partial charge in [-0.25, -0.2) is 14.6 Å².